The Balaban J connectivity index is 2.49. The third-order valence-corrected chi connectivity index (χ3v) is 3.06. The number of aliphatic hydroxyl groups excluding tert-OH is 1. The molecule has 0 spiro atoms. The number of hydrogen-bond acceptors (Lipinski definition) is 3. The Labute approximate surface area is 106 Å². The van der Waals surface area contributed by atoms with Crippen LogP contribution in [0.1, 0.15) is 24.8 Å². The van der Waals surface area contributed by atoms with E-state index in [1.54, 1.807) is 0 Å². The number of aliphatic hydroxyl groups is 1. The Morgan fingerprint density at radius 3 is 2.75 bits per heavy atom. The molecule has 16 heavy (non-hydrogen) atoms. The van der Waals surface area contributed by atoms with Crippen molar-refractivity contribution in [3.63, 3.8) is 0 Å². The molecule has 4 heteroatoms. The van der Waals surface area contributed by atoms with Crippen LogP contribution in [0, 0.1) is 6.92 Å². The highest BCUT2D eigenvalue weighted by Crippen LogP contribution is 2.23. The molecule has 0 unspecified atom stereocenters. The van der Waals surface area contributed by atoms with E-state index in [0.717, 1.165) is 41.7 Å². The summed E-state index contributed by atoms with van der Waals surface area (Å²) >= 11 is 3.53. The van der Waals surface area contributed by atoms with Crippen LogP contribution < -0.4 is 4.90 Å². The van der Waals surface area contributed by atoms with Crippen molar-refractivity contribution in [1.82, 2.24) is 4.98 Å². The second-order valence-electron chi connectivity index (χ2n) is 4.02. The summed E-state index contributed by atoms with van der Waals surface area (Å²) in [4.78, 5) is 6.55. The number of unbranched alkanes of at least 4 members (excludes halogenated alkanes) is 2. The van der Waals surface area contributed by atoms with Crippen molar-refractivity contribution in [2.75, 3.05) is 25.1 Å². The minimum atomic E-state index is 0.288. The topological polar surface area (TPSA) is 36.4 Å². The molecule has 1 aromatic rings. The second-order valence-corrected chi connectivity index (χ2v) is 4.88. The van der Waals surface area contributed by atoms with Gasteiger partial charge in [-0.3, -0.25) is 0 Å². The zero-order chi connectivity index (χ0) is 12.0. The summed E-state index contributed by atoms with van der Waals surface area (Å²) in [5, 5.41) is 8.69. The first kappa shape index (κ1) is 13.5. The summed E-state index contributed by atoms with van der Waals surface area (Å²) < 4.78 is 1.04. The second kappa shape index (κ2) is 6.86. The fourth-order valence-electron chi connectivity index (χ4n) is 1.55. The van der Waals surface area contributed by atoms with Crippen molar-refractivity contribution in [1.29, 1.82) is 0 Å². The fraction of sp³-hybridized carbons (Fsp3) is 0.583. The summed E-state index contributed by atoms with van der Waals surface area (Å²) in [5.41, 5.74) is 1.16. The fourth-order valence-corrected chi connectivity index (χ4v) is 2.32. The number of pyridine rings is 1. The highest BCUT2D eigenvalue weighted by molar-refractivity contribution is 9.10. The molecule has 0 aromatic carbocycles. The van der Waals surface area contributed by atoms with Crippen LogP contribution in [0.2, 0.25) is 0 Å². The number of anilines is 1. The predicted molar refractivity (Wildman–Crippen MR) is 70.9 cm³/mol. The van der Waals surface area contributed by atoms with Gasteiger partial charge in [0.1, 0.15) is 5.82 Å². The standard InChI is InChI=1S/C12H19BrN2O/c1-10-8-11(13)12(14-9-10)15(2)6-4-3-5-7-16/h8-9,16H,3-7H2,1-2H3. The molecule has 0 atom stereocenters. The molecular formula is C12H19BrN2O. The average molecular weight is 287 g/mol. The third-order valence-electron chi connectivity index (χ3n) is 2.47. The van der Waals surface area contributed by atoms with Crippen molar-refractivity contribution < 1.29 is 5.11 Å². The zero-order valence-corrected chi connectivity index (χ0v) is 11.5. The van der Waals surface area contributed by atoms with Crippen molar-refractivity contribution in [3.8, 4) is 0 Å². The molecular weight excluding hydrogens is 268 g/mol. The van der Waals surface area contributed by atoms with Crippen LogP contribution in [0.15, 0.2) is 16.7 Å². The maximum Gasteiger partial charge on any atom is 0.142 e. The van der Waals surface area contributed by atoms with Gasteiger partial charge in [-0.1, -0.05) is 0 Å². The smallest absolute Gasteiger partial charge is 0.142 e. The maximum atomic E-state index is 8.69. The number of rotatable bonds is 6. The molecule has 0 aliphatic heterocycles. The van der Waals surface area contributed by atoms with Crippen LogP contribution in [-0.4, -0.2) is 30.3 Å². The van der Waals surface area contributed by atoms with E-state index >= 15 is 0 Å². The summed E-state index contributed by atoms with van der Waals surface area (Å²) in [6.07, 6.45) is 4.91. The lowest BCUT2D eigenvalue weighted by Crippen LogP contribution is -2.20. The molecule has 0 fully saturated rings. The molecule has 0 saturated carbocycles. The van der Waals surface area contributed by atoms with Crippen LogP contribution in [0.5, 0.6) is 0 Å². The van der Waals surface area contributed by atoms with Gasteiger partial charge in [0.25, 0.3) is 0 Å². The number of nitrogens with zero attached hydrogens (tertiary/aromatic N) is 2. The average Bonchev–Trinajstić information content (AvgIpc) is 2.24. The normalized spacial score (nSPS) is 10.5. The first-order chi connectivity index (χ1) is 7.65. The van der Waals surface area contributed by atoms with Gasteiger partial charge in [-0.05, 0) is 53.7 Å². The monoisotopic (exact) mass is 286 g/mol. The molecule has 0 amide bonds. The minimum Gasteiger partial charge on any atom is -0.396 e. The first-order valence-electron chi connectivity index (χ1n) is 5.59. The van der Waals surface area contributed by atoms with Crippen LogP contribution in [-0.2, 0) is 0 Å². The predicted octanol–water partition coefficient (Wildman–Crippen LogP) is 2.75. The number of hydrogen-bond donors (Lipinski definition) is 1. The van der Waals surface area contributed by atoms with Gasteiger partial charge >= 0.3 is 0 Å². The summed E-state index contributed by atoms with van der Waals surface area (Å²) in [6, 6.07) is 2.08. The molecule has 0 radical (unpaired) electrons. The zero-order valence-electron chi connectivity index (χ0n) is 9.91. The van der Waals surface area contributed by atoms with E-state index in [-0.39, 0.29) is 6.61 Å². The lowest BCUT2D eigenvalue weighted by molar-refractivity contribution is 0.283. The molecule has 0 bridgehead atoms. The highest BCUT2D eigenvalue weighted by atomic mass is 79.9. The summed E-state index contributed by atoms with van der Waals surface area (Å²) in [6.45, 7) is 3.29. The number of halogens is 1. The lowest BCUT2D eigenvalue weighted by Gasteiger charge is -2.19. The van der Waals surface area contributed by atoms with E-state index in [9.17, 15) is 0 Å². The quantitative estimate of drug-likeness (QED) is 0.817. The molecule has 0 aliphatic rings. The molecule has 0 saturated heterocycles. The van der Waals surface area contributed by atoms with Gasteiger partial charge < -0.3 is 10.0 Å². The van der Waals surface area contributed by atoms with Crippen LogP contribution in [0.3, 0.4) is 0 Å². The van der Waals surface area contributed by atoms with E-state index in [2.05, 4.69) is 31.9 Å². The van der Waals surface area contributed by atoms with E-state index in [4.69, 9.17) is 5.11 Å². The third kappa shape index (κ3) is 4.10. The molecule has 3 nitrogen and oxygen atoms in total. The number of aromatic nitrogens is 1. The largest absolute Gasteiger partial charge is 0.396 e. The molecule has 1 N–H and O–H groups in total. The highest BCUT2D eigenvalue weighted by Gasteiger charge is 2.06. The van der Waals surface area contributed by atoms with Crippen molar-refractivity contribution in [3.05, 3.63) is 22.3 Å². The SMILES string of the molecule is Cc1cnc(N(C)CCCCCO)c(Br)c1. The minimum absolute atomic E-state index is 0.288. The van der Waals surface area contributed by atoms with Crippen molar-refractivity contribution >= 4 is 21.7 Å². The molecule has 1 heterocycles. The Kier molecular flexibility index (Phi) is 5.77. The van der Waals surface area contributed by atoms with Gasteiger partial charge in [0.05, 0.1) is 4.47 Å². The molecule has 90 valence electrons. The lowest BCUT2D eigenvalue weighted by atomic mass is 10.2. The van der Waals surface area contributed by atoms with Gasteiger partial charge in [0, 0.05) is 26.4 Å². The Morgan fingerprint density at radius 2 is 2.12 bits per heavy atom. The molecule has 1 aromatic heterocycles. The first-order valence-corrected chi connectivity index (χ1v) is 6.38. The Morgan fingerprint density at radius 1 is 1.38 bits per heavy atom. The van der Waals surface area contributed by atoms with Gasteiger partial charge in [0.2, 0.25) is 0 Å². The van der Waals surface area contributed by atoms with Crippen LogP contribution in [0.25, 0.3) is 0 Å². The van der Waals surface area contributed by atoms with Crippen molar-refractivity contribution in [2.24, 2.45) is 0 Å². The van der Waals surface area contributed by atoms with Crippen molar-refractivity contribution in [2.45, 2.75) is 26.2 Å². The van der Waals surface area contributed by atoms with E-state index < -0.39 is 0 Å². The maximum absolute atomic E-state index is 8.69. The van der Waals surface area contributed by atoms with Gasteiger partial charge in [-0.25, -0.2) is 4.98 Å². The molecule has 0 aliphatic carbocycles. The Hall–Kier alpha value is -0.610. The van der Waals surface area contributed by atoms with Gasteiger partial charge in [0.15, 0.2) is 0 Å². The van der Waals surface area contributed by atoms with Crippen LogP contribution >= 0.6 is 15.9 Å². The van der Waals surface area contributed by atoms with Crippen LogP contribution in [0.4, 0.5) is 5.82 Å². The number of aryl methyl sites for hydroxylation is 1. The Bertz CT molecular complexity index is 331. The van der Waals surface area contributed by atoms with E-state index in [1.807, 2.05) is 20.2 Å². The summed E-state index contributed by atoms with van der Waals surface area (Å²) in [7, 11) is 2.04. The van der Waals surface area contributed by atoms with E-state index in [0.29, 0.717) is 0 Å². The molecule has 1 rings (SSSR count). The van der Waals surface area contributed by atoms with Gasteiger partial charge in [-0.15, -0.1) is 0 Å². The van der Waals surface area contributed by atoms with E-state index in [1.165, 1.54) is 0 Å². The van der Waals surface area contributed by atoms with Gasteiger partial charge in [-0.2, -0.15) is 0 Å². The summed E-state index contributed by atoms with van der Waals surface area (Å²) in [5.74, 6) is 0.981.